The maximum atomic E-state index is 12.8. The van der Waals surface area contributed by atoms with E-state index in [1.807, 2.05) is 25.1 Å². The Labute approximate surface area is 142 Å². The fourth-order valence-electron chi connectivity index (χ4n) is 2.72. The van der Waals surface area contributed by atoms with Crippen molar-refractivity contribution in [2.24, 2.45) is 0 Å². The normalized spacial score (nSPS) is 19.3. The van der Waals surface area contributed by atoms with Crippen molar-refractivity contribution in [3.63, 3.8) is 0 Å². The number of hydrogen-bond donors (Lipinski definition) is 0. The van der Waals surface area contributed by atoms with Gasteiger partial charge >= 0.3 is 0 Å². The van der Waals surface area contributed by atoms with Gasteiger partial charge < -0.3 is 4.74 Å². The van der Waals surface area contributed by atoms with E-state index in [1.165, 1.54) is 10.6 Å². The van der Waals surface area contributed by atoms with Crippen molar-refractivity contribution in [3.05, 3.63) is 54.1 Å². The first kappa shape index (κ1) is 17.0. The summed E-state index contributed by atoms with van der Waals surface area (Å²) in [6, 6.07) is 8.83. The average Bonchev–Trinajstić information content (AvgIpc) is 2.61. The summed E-state index contributed by atoms with van der Waals surface area (Å²) in [5, 5.41) is 0. The van der Waals surface area contributed by atoms with Gasteiger partial charge in [0.25, 0.3) is 0 Å². The standard InChI is InChI=1S/C17H21N3O3S/c1-14-2-6-17(7-3-14)24(21,22)20-10-11-23-16(12-20)5-4-15-8-9-18-13-19-15/h2-3,6-9,13,16H,4-5,10-12H2,1H3/t16-/m1/s1. The van der Waals surface area contributed by atoms with E-state index in [2.05, 4.69) is 9.97 Å². The van der Waals surface area contributed by atoms with Crippen LogP contribution in [0.1, 0.15) is 17.7 Å². The van der Waals surface area contributed by atoms with Crippen LogP contribution in [0.3, 0.4) is 0 Å². The summed E-state index contributed by atoms with van der Waals surface area (Å²) in [5.41, 5.74) is 1.98. The van der Waals surface area contributed by atoms with E-state index < -0.39 is 10.0 Å². The van der Waals surface area contributed by atoms with Crippen LogP contribution >= 0.6 is 0 Å². The summed E-state index contributed by atoms with van der Waals surface area (Å²) in [7, 11) is -3.47. The highest BCUT2D eigenvalue weighted by Crippen LogP contribution is 2.20. The molecule has 1 fully saturated rings. The number of ether oxygens (including phenoxy) is 1. The van der Waals surface area contributed by atoms with E-state index in [0.29, 0.717) is 24.6 Å². The molecule has 3 rings (SSSR count). The SMILES string of the molecule is Cc1ccc(S(=O)(=O)N2CCO[C@H](CCc3ccncn3)C2)cc1. The fraction of sp³-hybridized carbons (Fsp3) is 0.412. The fourth-order valence-corrected chi connectivity index (χ4v) is 4.17. The molecule has 1 atom stereocenters. The predicted octanol–water partition coefficient (Wildman–Crippen LogP) is 1.81. The van der Waals surface area contributed by atoms with E-state index >= 15 is 0 Å². The third-order valence-corrected chi connectivity index (χ3v) is 6.01. The van der Waals surface area contributed by atoms with Crippen LogP contribution in [-0.4, -0.2) is 48.5 Å². The molecule has 2 heterocycles. The van der Waals surface area contributed by atoms with Gasteiger partial charge in [0.15, 0.2) is 0 Å². The lowest BCUT2D eigenvalue weighted by atomic mass is 10.1. The van der Waals surface area contributed by atoms with E-state index in [1.54, 1.807) is 18.3 Å². The zero-order valence-corrected chi connectivity index (χ0v) is 14.4. The topological polar surface area (TPSA) is 72.4 Å². The number of morpholine rings is 1. The Hall–Kier alpha value is -1.83. The Kier molecular flexibility index (Phi) is 5.23. The molecular formula is C17H21N3O3S. The van der Waals surface area contributed by atoms with E-state index in [9.17, 15) is 8.42 Å². The lowest BCUT2D eigenvalue weighted by molar-refractivity contribution is -0.00538. The molecular weight excluding hydrogens is 326 g/mol. The molecule has 2 aromatic rings. The maximum Gasteiger partial charge on any atom is 0.243 e. The van der Waals surface area contributed by atoms with Crippen LogP contribution in [0.2, 0.25) is 0 Å². The average molecular weight is 347 g/mol. The summed E-state index contributed by atoms with van der Waals surface area (Å²) in [6.45, 7) is 3.12. The Morgan fingerprint density at radius 3 is 2.75 bits per heavy atom. The van der Waals surface area contributed by atoms with Gasteiger partial charge in [-0.05, 0) is 38.0 Å². The van der Waals surface area contributed by atoms with Crippen LogP contribution < -0.4 is 0 Å². The van der Waals surface area contributed by atoms with Crippen LogP contribution in [0, 0.1) is 6.92 Å². The molecule has 7 heteroatoms. The highest BCUT2D eigenvalue weighted by molar-refractivity contribution is 7.89. The molecule has 1 aromatic heterocycles. The second-order valence-electron chi connectivity index (χ2n) is 5.91. The zero-order chi connectivity index (χ0) is 17.0. The molecule has 0 radical (unpaired) electrons. The first-order valence-corrected chi connectivity index (χ1v) is 9.43. The molecule has 1 aliphatic heterocycles. The second kappa shape index (κ2) is 7.38. The van der Waals surface area contributed by atoms with Gasteiger partial charge in [-0.25, -0.2) is 18.4 Å². The van der Waals surface area contributed by atoms with Gasteiger partial charge in [-0.15, -0.1) is 0 Å². The van der Waals surface area contributed by atoms with Gasteiger partial charge in [0, 0.05) is 25.0 Å². The maximum absolute atomic E-state index is 12.8. The van der Waals surface area contributed by atoms with Gasteiger partial charge in [0.2, 0.25) is 10.0 Å². The highest BCUT2D eigenvalue weighted by atomic mass is 32.2. The van der Waals surface area contributed by atoms with Crippen molar-refractivity contribution in [1.29, 1.82) is 0 Å². The minimum Gasteiger partial charge on any atom is -0.375 e. The van der Waals surface area contributed by atoms with Gasteiger partial charge in [-0.2, -0.15) is 4.31 Å². The molecule has 0 amide bonds. The lowest BCUT2D eigenvalue weighted by Crippen LogP contribution is -2.45. The lowest BCUT2D eigenvalue weighted by Gasteiger charge is -2.32. The molecule has 0 saturated carbocycles. The Morgan fingerprint density at radius 2 is 2.04 bits per heavy atom. The van der Waals surface area contributed by atoms with Crippen LogP contribution in [0.25, 0.3) is 0 Å². The smallest absolute Gasteiger partial charge is 0.243 e. The van der Waals surface area contributed by atoms with E-state index in [-0.39, 0.29) is 6.10 Å². The Bertz CT molecular complexity index is 763. The van der Waals surface area contributed by atoms with Gasteiger partial charge in [-0.1, -0.05) is 17.7 Å². The molecule has 1 saturated heterocycles. The number of benzene rings is 1. The summed E-state index contributed by atoms with van der Waals surface area (Å²) in [6.07, 6.45) is 4.58. The van der Waals surface area contributed by atoms with Gasteiger partial charge in [-0.3, -0.25) is 0 Å². The van der Waals surface area contributed by atoms with Crippen LogP contribution in [0.15, 0.2) is 47.8 Å². The van der Waals surface area contributed by atoms with Crippen molar-refractivity contribution < 1.29 is 13.2 Å². The number of aromatic nitrogens is 2. The van der Waals surface area contributed by atoms with Gasteiger partial charge in [0.05, 0.1) is 17.6 Å². The van der Waals surface area contributed by atoms with Crippen molar-refractivity contribution >= 4 is 10.0 Å². The minimum absolute atomic E-state index is 0.117. The number of hydrogen-bond acceptors (Lipinski definition) is 5. The molecule has 24 heavy (non-hydrogen) atoms. The van der Waals surface area contributed by atoms with Crippen molar-refractivity contribution in [1.82, 2.24) is 14.3 Å². The van der Waals surface area contributed by atoms with Gasteiger partial charge in [0.1, 0.15) is 6.33 Å². The molecule has 0 N–H and O–H groups in total. The number of nitrogens with zero attached hydrogens (tertiary/aromatic N) is 3. The second-order valence-corrected chi connectivity index (χ2v) is 7.85. The Balaban J connectivity index is 1.65. The summed E-state index contributed by atoms with van der Waals surface area (Å²) in [5.74, 6) is 0. The molecule has 0 spiro atoms. The summed E-state index contributed by atoms with van der Waals surface area (Å²) >= 11 is 0. The van der Waals surface area contributed by atoms with E-state index in [0.717, 1.165) is 24.1 Å². The third-order valence-electron chi connectivity index (χ3n) is 4.13. The molecule has 6 nitrogen and oxygen atoms in total. The first-order valence-electron chi connectivity index (χ1n) is 7.99. The molecule has 1 aliphatic rings. The molecule has 128 valence electrons. The quantitative estimate of drug-likeness (QED) is 0.825. The van der Waals surface area contributed by atoms with Crippen molar-refractivity contribution in [2.45, 2.75) is 30.8 Å². The number of aryl methyl sites for hydroxylation is 2. The minimum atomic E-state index is -3.47. The largest absolute Gasteiger partial charge is 0.375 e. The zero-order valence-electron chi connectivity index (χ0n) is 13.6. The van der Waals surface area contributed by atoms with Crippen LogP contribution in [-0.2, 0) is 21.2 Å². The predicted molar refractivity (Wildman–Crippen MR) is 90.0 cm³/mol. The summed E-state index contributed by atoms with van der Waals surface area (Å²) in [4.78, 5) is 8.42. The molecule has 0 aliphatic carbocycles. The van der Waals surface area contributed by atoms with Crippen LogP contribution in [0.5, 0.6) is 0 Å². The molecule has 0 bridgehead atoms. The Morgan fingerprint density at radius 1 is 1.25 bits per heavy atom. The monoisotopic (exact) mass is 347 g/mol. The summed E-state index contributed by atoms with van der Waals surface area (Å²) < 4.78 is 32.8. The highest BCUT2D eigenvalue weighted by Gasteiger charge is 2.30. The number of rotatable bonds is 5. The molecule has 0 unspecified atom stereocenters. The number of sulfonamides is 1. The van der Waals surface area contributed by atoms with Crippen molar-refractivity contribution in [2.75, 3.05) is 19.7 Å². The first-order chi connectivity index (χ1) is 11.6. The third kappa shape index (κ3) is 3.98. The van der Waals surface area contributed by atoms with Crippen molar-refractivity contribution in [3.8, 4) is 0 Å². The van der Waals surface area contributed by atoms with E-state index in [4.69, 9.17) is 4.74 Å². The van der Waals surface area contributed by atoms with Crippen LogP contribution in [0.4, 0.5) is 0 Å². The molecule has 1 aromatic carbocycles.